The van der Waals surface area contributed by atoms with Crippen LogP contribution in [-0.4, -0.2) is 35.0 Å². The van der Waals surface area contributed by atoms with Crippen molar-refractivity contribution in [3.8, 4) is 0 Å². The van der Waals surface area contributed by atoms with Crippen molar-refractivity contribution in [3.05, 3.63) is 83.7 Å². The molecule has 0 aromatic heterocycles. The molecule has 3 aliphatic heterocycles. The lowest BCUT2D eigenvalue weighted by Gasteiger charge is -2.22. The van der Waals surface area contributed by atoms with Gasteiger partial charge >= 0.3 is 5.97 Å². The summed E-state index contributed by atoms with van der Waals surface area (Å²) in [6, 6.07) is 15.5. The summed E-state index contributed by atoms with van der Waals surface area (Å²) in [6.45, 7) is 0.897. The van der Waals surface area contributed by atoms with Gasteiger partial charge in [0.1, 0.15) is 23.9 Å². The number of amides is 1. The standard InChI is InChI=1S/C23H20FNO4/c24-17-8-6-15(7-9-17)12-25-14-23-11-10-18(29-23)19(20(23)21(25)26)22(27)28-13-16-4-2-1-3-5-16/h1-11,18-20H,12-14H2/t18-,19+,20-,23+/m0/s1. The third-order valence-corrected chi connectivity index (χ3v) is 5.96. The number of fused-ring (bicyclic) bond motifs is 1. The quantitative estimate of drug-likeness (QED) is 0.579. The van der Waals surface area contributed by atoms with E-state index < -0.39 is 29.5 Å². The Morgan fingerprint density at radius 3 is 2.66 bits per heavy atom. The first-order chi connectivity index (χ1) is 14.1. The lowest BCUT2D eigenvalue weighted by Crippen LogP contribution is -2.39. The highest BCUT2D eigenvalue weighted by molar-refractivity contribution is 5.91. The predicted octanol–water partition coefficient (Wildman–Crippen LogP) is 2.85. The average Bonchev–Trinajstić information content (AvgIpc) is 3.37. The number of rotatable bonds is 5. The summed E-state index contributed by atoms with van der Waals surface area (Å²) < 4.78 is 24.8. The molecule has 2 aromatic carbocycles. The summed E-state index contributed by atoms with van der Waals surface area (Å²) >= 11 is 0. The first kappa shape index (κ1) is 18.1. The Hall–Kier alpha value is -2.99. The van der Waals surface area contributed by atoms with Crippen molar-refractivity contribution in [1.29, 1.82) is 0 Å². The van der Waals surface area contributed by atoms with Gasteiger partial charge < -0.3 is 14.4 Å². The van der Waals surface area contributed by atoms with Gasteiger partial charge in [0.15, 0.2) is 0 Å². The second kappa shape index (κ2) is 6.81. The topological polar surface area (TPSA) is 55.8 Å². The Bertz CT molecular complexity index is 974. The number of ether oxygens (including phenoxy) is 2. The van der Waals surface area contributed by atoms with E-state index in [0.29, 0.717) is 13.1 Å². The van der Waals surface area contributed by atoms with Crippen LogP contribution in [0.3, 0.4) is 0 Å². The Kier molecular flexibility index (Phi) is 4.24. The summed E-state index contributed by atoms with van der Waals surface area (Å²) in [5.41, 5.74) is 0.946. The maximum atomic E-state index is 13.2. The molecule has 3 aliphatic rings. The molecule has 2 bridgehead atoms. The lowest BCUT2D eigenvalue weighted by atomic mass is 9.77. The fraction of sp³-hybridized carbons (Fsp3) is 0.304. The first-order valence-electron chi connectivity index (χ1n) is 9.67. The van der Waals surface area contributed by atoms with Gasteiger partial charge in [-0.3, -0.25) is 9.59 Å². The van der Waals surface area contributed by atoms with Gasteiger partial charge in [-0.15, -0.1) is 0 Å². The Morgan fingerprint density at radius 2 is 1.90 bits per heavy atom. The summed E-state index contributed by atoms with van der Waals surface area (Å²) in [5, 5.41) is 0. The van der Waals surface area contributed by atoms with Crippen LogP contribution in [0.1, 0.15) is 11.1 Å². The number of likely N-dealkylation sites (tertiary alicyclic amines) is 1. The molecule has 3 heterocycles. The van der Waals surface area contributed by atoms with E-state index in [2.05, 4.69) is 0 Å². The molecule has 148 valence electrons. The summed E-state index contributed by atoms with van der Waals surface area (Å²) in [4.78, 5) is 27.7. The molecule has 2 aromatic rings. The number of carbonyl (C=O) groups is 2. The molecule has 0 radical (unpaired) electrons. The molecule has 5 rings (SSSR count). The maximum absolute atomic E-state index is 13.2. The molecular formula is C23H20FNO4. The number of carbonyl (C=O) groups excluding carboxylic acids is 2. The van der Waals surface area contributed by atoms with Crippen LogP contribution in [-0.2, 0) is 32.2 Å². The third-order valence-electron chi connectivity index (χ3n) is 5.96. The Balaban J connectivity index is 1.32. The highest BCUT2D eigenvalue weighted by Gasteiger charge is 2.67. The molecule has 6 heteroatoms. The van der Waals surface area contributed by atoms with Crippen LogP contribution in [0.25, 0.3) is 0 Å². The predicted molar refractivity (Wildman–Crippen MR) is 102 cm³/mol. The second-order valence-electron chi connectivity index (χ2n) is 7.81. The molecule has 0 saturated carbocycles. The number of halogens is 1. The fourth-order valence-electron chi connectivity index (χ4n) is 4.62. The molecule has 1 amide bonds. The smallest absolute Gasteiger partial charge is 0.313 e. The largest absolute Gasteiger partial charge is 0.460 e. The van der Waals surface area contributed by atoms with E-state index >= 15 is 0 Å². The van der Waals surface area contributed by atoms with Gasteiger partial charge in [-0.25, -0.2) is 4.39 Å². The molecule has 2 saturated heterocycles. The Labute approximate surface area is 167 Å². The molecule has 0 aliphatic carbocycles. The Morgan fingerprint density at radius 1 is 1.14 bits per heavy atom. The number of nitrogens with zero attached hydrogens (tertiary/aromatic N) is 1. The van der Waals surface area contributed by atoms with Crippen molar-refractivity contribution >= 4 is 11.9 Å². The number of hydrogen-bond acceptors (Lipinski definition) is 4. The van der Waals surface area contributed by atoms with Crippen molar-refractivity contribution in [2.45, 2.75) is 24.9 Å². The molecule has 0 unspecified atom stereocenters. The summed E-state index contributed by atoms with van der Waals surface area (Å²) in [7, 11) is 0. The highest BCUT2D eigenvalue weighted by atomic mass is 19.1. The third kappa shape index (κ3) is 3.04. The highest BCUT2D eigenvalue weighted by Crippen LogP contribution is 2.52. The molecule has 5 nitrogen and oxygen atoms in total. The van der Waals surface area contributed by atoms with Crippen molar-refractivity contribution < 1.29 is 23.5 Å². The lowest BCUT2D eigenvalue weighted by molar-refractivity contribution is -0.155. The van der Waals surface area contributed by atoms with Crippen LogP contribution in [0.5, 0.6) is 0 Å². The van der Waals surface area contributed by atoms with Crippen molar-refractivity contribution in [3.63, 3.8) is 0 Å². The van der Waals surface area contributed by atoms with Crippen LogP contribution < -0.4 is 0 Å². The fourth-order valence-corrected chi connectivity index (χ4v) is 4.62. The van der Waals surface area contributed by atoms with E-state index in [-0.39, 0.29) is 18.3 Å². The van der Waals surface area contributed by atoms with Gasteiger partial charge in [-0.1, -0.05) is 54.6 Å². The zero-order chi connectivity index (χ0) is 20.0. The second-order valence-corrected chi connectivity index (χ2v) is 7.81. The summed E-state index contributed by atoms with van der Waals surface area (Å²) in [5.74, 6) is -2.08. The number of benzene rings is 2. The molecule has 1 spiro atoms. The van der Waals surface area contributed by atoms with E-state index in [1.165, 1.54) is 12.1 Å². The molecule has 4 atom stereocenters. The minimum Gasteiger partial charge on any atom is -0.460 e. The average molecular weight is 393 g/mol. The molecule has 0 N–H and O–H groups in total. The SMILES string of the molecule is O=C(OCc1ccccc1)[C@@H]1[C@@H]2C=C[C@]3(CN(Cc4ccc(F)cc4)C(=O)[C@H]13)O2. The van der Waals surface area contributed by atoms with E-state index in [4.69, 9.17) is 9.47 Å². The summed E-state index contributed by atoms with van der Waals surface area (Å²) in [6.07, 6.45) is 3.34. The van der Waals surface area contributed by atoms with Gasteiger partial charge in [0.25, 0.3) is 0 Å². The van der Waals surface area contributed by atoms with E-state index in [1.807, 2.05) is 42.5 Å². The van der Waals surface area contributed by atoms with Gasteiger partial charge in [-0.2, -0.15) is 0 Å². The monoisotopic (exact) mass is 393 g/mol. The number of hydrogen-bond donors (Lipinski definition) is 0. The van der Waals surface area contributed by atoms with Crippen LogP contribution in [0.15, 0.2) is 66.7 Å². The van der Waals surface area contributed by atoms with E-state index in [0.717, 1.165) is 11.1 Å². The normalized spacial score (nSPS) is 29.3. The van der Waals surface area contributed by atoms with Gasteiger partial charge in [0, 0.05) is 6.54 Å². The van der Waals surface area contributed by atoms with Gasteiger partial charge in [0.2, 0.25) is 5.91 Å². The molecule has 29 heavy (non-hydrogen) atoms. The number of esters is 1. The van der Waals surface area contributed by atoms with Crippen LogP contribution in [0, 0.1) is 17.7 Å². The zero-order valence-electron chi connectivity index (χ0n) is 15.7. The van der Waals surface area contributed by atoms with E-state index in [1.54, 1.807) is 17.0 Å². The van der Waals surface area contributed by atoms with Crippen molar-refractivity contribution in [2.75, 3.05) is 6.54 Å². The van der Waals surface area contributed by atoms with E-state index in [9.17, 15) is 14.0 Å². The van der Waals surface area contributed by atoms with Crippen molar-refractivity contribution in [1.82, 2.24) is 4.90 Å². The van der Waals surface area contributed by atoms with Crippen LogP contribution in [0.4, 0.5) is 4.39 Å². The van der Waals surface area contributed by atoms with Gasteiger partial charge in [0.05, 0.1) is 18.6 Å². The van der Waals surface area contributed by atoms with Crippen LogP contribution in [0.2, 0.25) is 0 Å². The van der Waals surface area contributed by atoms with Gasteiger partial charge in [-0.05, 0) is 23.3 Å². The first-order valence-corrected chi connectivity index (χ1v) is 9.67. The maximum Gasteiger partial charge on any atom is 0.313 e. The minimum absolute atomic E-state index is 0.122. The minimum atomic E-state index is -0.780. The molecule has 2 fully saturated rings. The van der Waals surface area contributed by atoms with Crippen LogP contribution >= 0.6 is 0 Å². The van der Waals surface area contributed by atoms with Crippen molar-refractivity contribution in [2.24, 2.45) is 11.8 Å². The zero-order valence-corrected chi connectivity index (χ0v) is 15.7. The molecular weight excluding hydrogens is 373 g/mol.